The fourth-order valence-electron chi connectivity index (χ4n) is 3.36. The van der Waals surface area contributed by atoms with Gasteiger partial charge in [0.05, 0.1) is 11.0 Å². The average Bonchev–Trinajstić information content (AvgIpc) is 2.74. The van der Waals surface area contributed by atoms with Gasteiger partial charge in [-0.1, -0.05) is 6.07 Å². The van der Waals surface area contributed by atoms with Crippen LogP contribution in [0.3, 0.4) is 0 Å². The second kappa shape index (κ2) is 10.7. The van der Waals surface area contributed by atoms with Gasteiger partial charge >= 0.3 is 12.4 Å². The molecule has 180 valence electrons. The summed E-state index contributed by atoms with van der Waals surface area (Å²) in [6.07, 6.45) is -2.80. The Labute approximate surface area is 193 Å². The molecule has 8 nitrogen and oxygen atoms in total. The molecule has 13 heteroatoms. The highest BCUT2D eigenvalue weighted by Gasteiger charge is 2.41. The zero-order valence-electron chi connectivity index (χ0n) is 17.2. The number of benzene rings is 1. The summed E-state index contributed by atoms with van der Waals surface area (Å²) in [5.74, 6) is 0. The zero-order chi connectivity index (χ0) is 24.1. The van der Waals surface area contributed by atoms with Gasteiger partial charge in [0.15, 0.2) is 0 Å². The SMILES string of the molecule is O=C(NCc1cccnc1)Nc1ccc(S(=O)(=O)NC2CCC(Cl)CC2OC(F)(F)F)cc1. The largest absolute Gasteiger partial charge is 0.522 e. The van der Waals surface area contributed by atoms with Gasteiger partial charge in [-0.15, -0.1) is 24.8 Å². The molecule has 1 aliphatic rings. The van der Waals surface area contributed by atoms with Gasteiger partial charge in [-0.25, -0.2) is 17.9 Å². The van der Waals surface area contributed by atoms with E-state index in [2.05, 4.69) is 25.1 Å². The number of hydrogen-bond donors (Lipinski definition) is 3. The molecule has 0 aliphatic heterocycles. The van der Waals surface area contributed by atoms with E-state index >= 15 is 0 Å². The Morgan fingerprint density at radius 3 is 2.55 bits per heavy atom. The van der Waals surface area contributed by atoms with E-state index in [0.717, 1.165) is 5.56 Å². The van der Waals surface area contributed by atoms with Gasteiger partial charge in [0.1, 0.15) is 0 Å². The fraction of sp³-hybridized carbons (Fsp3) is 0.400. The van der Waals surface area contributed by atoms with Gasteiger partial charge in [-0.2, -0.15) is 0 Å². The maximum absolute atomic E-state index is 12.7. The molecule has 3 unspecified atom stereocenters. The molecule has 3 N–H and O–H groups in total. The van der Waals surface area contributed by atoms with E-state index in [1.807, 2.05) is 0 Å². The summed E-state index contributed by atoms with van der Waals surface area (Å²) >= 11 is 5.94. The van der Waals surface area contributed by atoms with E-state index in [-0.39, 0.29) is 24.3 Å². The molecular formula is C20H22ClF3N4O4S. The van der Waals surface area contributed by atoms with Gasteiger partial charge in [0.2, 0.25) is 10.0 Å². The number of nitrogens with one attached hydrogen (secondary N) is 3. The van der Waals surface area contributed by atoms with Crippen LogP contribution in [-0.2, 0) is 21.3 Å². The third-order valence-corrected chi connectivity index (χ3v) is 6.82. The molecule has 1 heterocycles. The quantitative estimate of drug-likeness (QED) is 0.496. The first-order chi connectivity index (χ1) is 15.5. The van der Waals surface area contributed by atoms with Crippen LogP contribution in [0.15, 0.2) is 53.7 Å². The van der Waals surface area contributed by atoms with Crippen LogP contribution in [-0.4, -0.2) is 43.3 Å². The molecule has 2 aromatic rings. The van der Waals surface area contributed by atoms with Crippen molar-refractivity contribution in [1.82, 2.24) is 15.0 Å². The van der Waals surface area contributed by atoms with Crippen LogP contribution in [0.2, 0.25) is 0 Å². The first kappa shape index (κ1) is 25.2. The van der Waals surface area contributed by atoms with E-state index in [1.165, 1.54) is 24.3 Å². The van der Waals surface area contributed by atoms with Crippen molar-refractivity contribution in [2.45, 2.75) is 54.6 Å². The number of aromatic nitrogens is 1. The third kappa shape index (κ3) is 7.84. The van der Waals surface area contributed by atoms with Gasteiger partial charge < -0.3 is 10.6 Å². The topological polar surface area (TPSA) is 109 Å². The molecule has 1 fully saturated rings. The minimum Gasteiger partial charge on any atom is -0.334 e. The summed E-state index contributed by atoms with van der Waals surface area (Å²) in [5.41, 5.74) is 1.13. The number of sulfonamides is 1. The maximum Gasteiger partial charge on any atom is 0.522 e. The Morgan fingerprint density at radius 1 is 1.18 bits per heavy atom. The Morgan fingerprint density at radius 2 is 1.91 bits per heavy atom. The molecule has 3 rings (SSSR count). The predicted octanol–water partition coefficient (Wildman–Crippen LogP) is 3.75. The van der Waals surface area contributed by atoms with Crippen molar-refractivity contribution in [3.8, 4) is 0 Å². The van der Waals surface area contributed by atoms with E-state index in [9.17, 15) is 26.4 Å². The molecule has 33 heavy (non-hydrogen) atoms. The number of carbonyl (C=O) groups excluding carboxylic acids is 1. The number of hydrogen-bond acceptors (Lipinski definition) is 5. The molecule has 0 bridgehead atoms. The number of nitrogens with zero attached hydrogens (tertiary/aromatic N) is 1. The van der Waals surface area contributed by atoms with Crippen molar-refractivity contribution in [3.63, 3.8) is 0 Å². The minimum atomic E-state index is -4.91. The normalized spacial score (nSPS) is 21.4. The molecule has 1 aromatic heterocycles. The fourth-order valence-corrected chi connectivity index (χ4v) is 4.96. The number of urea groups is 1. The highest BCUT2D eigenvalue weighted by atomic mass is 35.5. The summed E-state index contributed by atoms with van der Waals surface area (Å²) in [7, 11) is -4.13. The summed E-state index contributed by atoms with van der Waals surface area (Å²) in [4.78, 5) is 15.8. The Balaban J connectivity index is 1.59. The van der Waals surface area contributed by atoms with Crippen molar-refractivity contribution in [2.75, 3.05) is 5.32 Å². The van der Waals surface area contributed by atoms with Gasteiger partial charge in [0, 0.05) is 36.0 Å². The van der Waals surface area contributed by atoms with Gasteiger partial charge in [-0.05, 0) is 55.2 Å². The van der Waals surface area contributed by atoms with Crippen molar-refractivity contribution in [3.05, 3.63) is 54.4 Å². The lowest BCUT2D eigenvalue weighted by Gasteiger charge is -2.34. The van der Waals surface area contributed by atoms with Crippen LogP contribution in [0, 0.1) is 0 Å². The summed E-state index contributed by atoms with van der Waals surface area (Å²) in [6, 6.07) is 7.18. The number of amides is 2. The summed E-state index contributed by atoms with van der Waals surface area (Å²) in [5, 5.41) is 4.67. The molecule has 0 radical (unpaired) electrons. The minimum absolute atomic E-state index is 0.102. The van der Waals surface area contributed by atoms with E-state index in [1.54, 1.807) is 24.5 Å². The zero-order valence-corrected chi connectivity index (χ0v) is 18.8. The molecule has 1 aromatic carbocycles. The molecule has 2 amide bonds. The number of pyridine rings is 1. The van der Waals surface area contributed by atoms with Crippen molar-refractivity contribution >= 4 is 33.3 Å². The van der Waals surface area contributed by atoms with Crippen LogP contribution >= 0.6 is 11.6 Å². The number of carbonyl (C=O) groups is 1. The second-order valence-corrected chi connectivity index (χ2v) is 9.76. The number of halogens is 4. The van der Waals surface area contributed by atoms with Crippen molar-refractivity contribution < 1.29 is 31.1 Å². The number of rotatable bonds is 7. The molecule has 3 atom stereocenters. The van der Waals surface area contributed by atoms with Crippen LogP contribution in [0.5, 0.6) is 0 Å². The Kier molecular flexibility index (Phi) is 8.16. The van der Waals surface area contributed by atoms with Crippen LogP contribution in [0.25, 0.3) is 0 Å². The van der Waals surface area contributed by atoms with Crippen molar-refractivity contribution in [2.24, 2.45) is 0 Å². The van der Waals surface area contributed by atoms with Crippen LogP contribution in [0.1, 0.15) is 24.8 Å². The summed E-state index contributed by atoms with van der Waals surface area (Å²) in [6.45, 7) is 0.252. The molecule has 1 aliphatic carbocycles. The first-order valence-corrected chi connectivity index (χ1v) is 11.9. The van der Waals surface area contributed by atoms with Gasteiger partial charge in [-0.3, -0.25) is 9.72 Å². The molecule has 1 saturated carbocycles. The van der Waals surface area contributed by atoms with Gasteiger partial charge in [0.25, 0.3) is 0 Å². The van der Waals surface area contributed by atoms with E-state index < -0.39 is 39.9 Å². The van der Waals surface area contributed by atoms with E-state index in [4.69, 9.17) is 11.6 Å². The average molecular weight is 507 g/mol. The maximum atomic E-state index is 12.7. The first-order valence-electron chi connectivity index (χ1n) is 9.96. The number of ether oxygens (including phenoxy) is 1. The Hall–Kier alpha value is -2.41. The Bertz CT molecular complexity index is 1040. The molecule has 0 saturated heterocycles. The number of alkyl halides is 4. The smallest absolute Gasteiger partial charge is 0.334 e. The highest BCUT2D eigenvalue weighted by Crippen LogP contribution is 2.31. The standard InChI is InChI=1S/C20H22ClF3N4O4S/c21-14-3-8-17(18(10-14)32-20(22,23)24)28-33(30,31)16-6-4-15(5-7-16)27-19(29)26-12-13-2-1-9-25-11-13/h1-2,4-7,9,11,14,17-18,28H,3,8,10,12H2,(H2,26,27,29). The lowest BCUT2D eigenvalue weighted by Crippen LogP contribution is -2.49. The lowest BCUT2D eigenvalue weighted by atomic mass is 9.93. The molecular weight excluding hydrogens is 485 g/mol. The third-order valence-electron chi connectivity index (χ3n) is 4.92. The molecule has 0 spiro atoms. The van der Waals surface area contributed by atoms with Crippen LogP contribution in [0.4, 0.5) is 23.7 Å². The lowest BCUT2D eigenvalue weighted by molar-refractivity contribution is -0.347. The highest BCUT2D eigenvalue weighted by molar-refractivity contribution is 7.89. The predicted molar refractivity (Wildman–Crippen MR) is 115 cm³/mol. The monoisotopic (exact) mass is 506 g/mol. The second-order valence-electron chi connectivity index (χ2n) is 7.43. The number of anilines is 1. The van der Waals surface area contributed by atoms with Crippen LogP contribution < -0.4 is 15.4 Å². The van der Waals surface area contributed by atoms with E-state index in [0.29, 0.717) is 12.1 Å². The van der Waals surface area contributed by atoms with Crippen molar-refractivity contribution in [1.29, 1.82) is 0 Å². The summed E-state index contributed by atoms with van der Waals surface area (Å²) < 4.78 is 69.9.